The van der Waals surface area contributed by atoms with E-state index in [0.29, 0.717) is 32.0 Å². The van der Waals surface area contributed by atoms with Crippen LogP contribution >= 0.6 is 0 Å². The number of piperidine rings is 1. The molecule has 1 aromatic rings. The number of ether oxygens (including phenoxy) is 1. The van der Waals surface area contributed by atoms with Gasteiger partial charge in [-0.15, -0.1) is 0 Å². The number of carbonyl (C=O) groups excluding carboxylic acids is 1. The molecule has 9 heteroatoms. The summed E-state index contributed by atoms with van der Waals surface area (Å²) < 4.78 is 31.5. The van der Waals surface area contributed by atoms with E-state index in [-0.39, 0.29) is 17.4 Å². The first-order chi connectivity index (χ1) is 11.4. The maximum absolute atomic E-state index is 12.5. The van der Waals surface area contributed by atoms with E-state index in [4.69, 9.17) is 4.74 Å². The van der Waals surface area contributed by atoms with Gasteiger partial charge in [-0.25, -0.2) is 18.1 Å². The maximum atomic E-state index is 12.5. The summed E-state index contributed by atoms with van der Waals surface area (Å²) >= 11 is 0. The first-order valence-corrected chi connectivity index (χ1v) is 9.89. The summed E-state index contributed by atoms with van der Waals surface area (Å²) in [6, 6.07) is -0.241. The lowest BCUT2D eigenvalue weighted by atomic mass is 9.69. The van der Waals surface area contributed by atoms with E-state index in [2.05, 4.69) is 14.7 Å². The van der Waals surface area contributed by atoms with E-state index in [0.717, 1.165) is 19.3 Å². The fourth-order valence-electron chi connectivity index (χ4n) is 3.57. The molecule has 0 saturated carbocycles. The molecule has 1 atom stereocenters. The Bertz CT molecular complexity index is 687. The highest BCUT2D eigenvalue weighted by Crippen LogP contribution is 2.41. The average Bonchev–Trinajstić information content (AvgIpc) is 2.57. The number of likely N-dealkylation sites (tertiary alicyclic amines) is 1. The molecule has 8 nitrogen and oxygen atoms in total. The highest BCUT2D eigenvalue weighted by Gasteiger charge is 2.45. The second-order valence-electron chi connectivity index (χ2n) is 6.51. The Morgan fingerprint density at radius 2 is 2.08 bits per heavy atom. The highest BCUT2D eigenvalue weighted by molar-refractivity contribution is 7.88. The molecular formula is C15H22N4O4S. The Morgan fingerprint density at radius 1 is 1.33 bits per heavy atom. The SMILES string of the molecule is CS(=O)(=O)N[C@@H]1COCCC12CCN(C(=O)c1cnccn1)CC2. The maximum Gasteiger partial charge on any atom is 0.274 e. The monoisotopic (exact) mass is 354 g/mol. The number of aromatic nitrogens is 2. The Hall–Kier alpha value is -1.58. The molecule has 2 fully saturated rings. The molecule has 132 valence electrons. The summed E-state index contributed by atoms with van der Waals surface area (Å²) in [7, 11) is -3.30. The van der Waals surface area contributed by atoms with Gasteiger partial charge in [0.2, 0.25) is 10.0 Å². The highest BCUT2D eigenvalue weighted by atomic mass is 32.2. The van der Waals surface area contributed by atoms with Crippen LogP contribution in [-0.4, -0.2) is 67.8 Å². The third-order valence-electron chi connectivity index (χ3n) is 4.95. The molecule has 1 aromatic heterocycles. The van der Waals surface area contributed by atoms with Gasteiger partial charge in [-0.2, -0.15) is 0 Å². The van der Waals surface area contributed by atoms with Crippen LogP contribution in [0.25, 0.3) is 0 Å². The van der Waals surface area contributed by atoms with Gasteiger partial charge in [0.25, 0.3) is 5.91 Å². The Morgan fingerprint density at radius 3 is 2.71 bits per heavy atom. The van der Waals surface area contributed by atoms with Crippen molar-refractivity contribution in [3.8, 4) is 0 Å². The lowest BCUT2D eigenvalue weighted by Crippen LogP contribution is -2.57. The Balaban J connectivity index is 1.69. The topological polar surface area (TPSA) is 101 Å². The molecule has 0 unspecified atom stereocenters. The molecule has 2 saturated heterocycles. The van der Waals surface area contributed by atoms with E-state index in [1.807, 2.05) is 0 Å². The largest absolute Gasteiger partial charge is 0.380 e. The molecule has 0 aromatic carbocycles. The molecule has 1 amide bonds. The van der Waals surface area contributed by atoms with Crippen molar-refractivity contribution in [3.05, 3.63) is 24.3 Å². The fourth-order valence-corrected chi connectivity index (χ4v) is 4.41. The molecule has 0 radical (unpaired) electrons. The number of nitrogens with one attached hydrogen (secondary N) is 1. The minimum absolute atomic E-state index is 0.127. The summed E-state index contributed by atoms with van der Waals surface area (Å²) in [4.78, 5) is 22.2. The number of rotatable bonds is 3. The van der Waals surface area contributed by atoms with Gasteiger partial charge in [0, 0.05) is 32.1 Å². The van der Waals surface area contributed by atoms with Crippen molar-refractivity contribution in [1.82, 2.24) is 19.6 Å². The van der Waals surface area contributed by atoms with E-state index < -0.39 is 10.0 Å². The van der Waals surface area contributed by atoms with Crippen LogP contribution in [0.5, 0.6) is 0 Å². The van der Waals surface area contributed by atoms with E-state index in [1.165, 1.54) is 24.8 Å². The summed E-state index contributed by atoms with van der Waals surface area (Å²) in [6.07, 6.45) is 7.96. The van der Waals surface area contributed by atoms with Crippen LogP contribution in [0.1, 0.15) is 29.8 Å². The number of hydrogen-bond acceptors (Lipinski definition) is 6. The van der Waals surface area contributed by atoms with Crippen LogP contribution in [0.2, 0.25) is 0 Å². The van der Waals surface area contributed by atoms with Gasteiger partial charge in [0.1, 0.15) is 5.69 Å². The molecule has 3 heterocycles. The summed E-state index contributed by atoms with van der Waals surface area (Å²) in [5.74, 6) is -0.127. The van der Waals surface area contributed by atoms with Crippen LogP contribution < -0.4 is 4.72 Å². The van der Waals surface area contributed by atoms with Crippen LogP contribution in [0.4, 0.5) is 0 Å². The van der Waals surface area contributed by atoms with Crippen molar-refractivity contribution in [1.29, 1.82) is 0 Å². The van der Waals surface area contributed by atoms with Crippen LogP contribution in [0.3, 0.4) is 0 Å². The first kappa shape index (κ1) is 17.2. The minimum Gasteiger partial charge on any atom is -0.380 e. The zero-order chi connectivity index (χ0) is 17.2. The van der Waals surface area contributed by atoms with Gasteiger partial charge in [-0.1, -0.05) is 0 Å². The van der Waals surface area contributed by atoms with Crippen LogP contribution in [-0.2, 0) is 14.8 Å². The lowest BCUT2D eigenvalue weighted by molar-refractivity contribution is -0.0401. The van der Waals surface area contributed by atoms with Gasteiger partial charge in [0.15, 0.2) is 0 Å². The second-order valence-corrected chi connectivity index (χ2v) is 8.29. The molecule has 0 aliphatic carbocycles. The summed E-state index contributed by atoms with van der Waals surface area (Å²) in [5, 5.41) is 0. The smallest absolute Gasteiger partial charge is 0.274 e. The normalized spacial score (nSPS) is 24.0. The number of nitrogens with zero attached hydrogens (tertiary/aromatic N) is 3. The predicted molar refractivity (Wildman–Crippen MR) is 86.8 cm³/mol. The number of carbonyl (C=O) groups is 1. The average molecular weight is 354 g/mol. The molecule has 3 rings (SSSR count). The first-order valence-electron chi connectivity index (χ1n) is 8.00. The van der Waals surface area contributed by atoms with Crippen molar-refractivity contribution in [2.75, 3.05) is 32.6 Å². The van der Waals surface area contributed by atoms with E-state index >= 15 is 0 Å². The zero-order valence-corrected chi connectivity index (χ0v) is 14.5. The summed E-state index contributed by atoms with van der Waals surface area (Å²) in [6.45, 7) is 2.17. The van der Waals surface area contributed by atoms with Gasteiger partial charge in [0.05, 0.1) is 25.1 Å². The molecule has 2 aliphatic rings. The van der Waals surface area contributed by atoms with Crippen molar-refractivity contribution >= 4 is 15.9 Å². The quantitative estimate of drug-likeness (QED) is 0.822. The van der Waals surface area contributed by atoms with Crippen LogP contribution in [0, 0.1) is 5.41 Å². The van der Waals surface area contributed by atoms with Crippen molar-refractivity contribution in [2.45, 2.75) is 25.3 Å². The van der Waals surface area contributed by atoms with Crippen molar-refractivity contribution < 1.29 is 17.9 Å². The van der Waals surface area contributed by atoms with E-state index in [9.17, 15) is 13.2 Å². The van der Waals surface area contributed by atoms with E-state index in [1.54, 1.807) is 4.90 Å². The number of hydrogen-bond donors (Lipinski definition) is 1. The lowest BCUT2D eigenvalue weighted by Gasteiger charge is -2.48. The molecule has 2 aliphatic heterocycles. The molecule has 1 N–H and O–H groups in total. The van der Waals surface area contributed by atoms with Gasteiger partial charge in [-0.3, -0.25) is 9.78 Å². The zero-order valence-electron chi connectivity index (χ0n) is 13.6. The molecule has 1 spiro atoms. The van der Waals surface area contributed by atoms with Gasteiger partial charge < -0.3 is 9.64 Å². The number of sulfonamides is 1. The molecule has 0 bridgehead atoms. The third kappa shape index (κ3) is 3.73. The van der Waals surface area contributed by atoms with Crippen molar-refractivity contribution in [2.24, 2.45) is 5.41 Å². The Kier molecular flexibility index (Phi) is 4.84. The van der Waals surface area contributed by atoms with Gasteiger partial charge in [-0.05, 0) is 24.7 Å². The fraction of sp³-hybridized carbons (Fsp3) is 0.667. The molecular weight excluding hydrogens is 332 g/mol. The summed E-state index contributed by atoms with van der Waals surface area (Å²) in [5.41, 5.74) is 0.187. The van der Waals surface area contributed by atoms with Crippen LogP contribution in [0.15, 0.2) is 18.6 Å². The van der Waals surface area contributed by atoms with Gasteiger partial charge >= 0.3 is 0 Å². The predicted octanol–water partition coefficient (Wildman–Crippen LogP) is 0.0371. The standard InChI is InChI=1S/C15H22N4O4S/c1-24(21,22)18-13-11-23-9-4-15(13)2-7-19(8-3-15)14(20)12-10-16-5-6-17-12/h5-6,10,13,18H,2-4,7-9,11H2,1H3/t13-/m1/s1. The third-order valence-corrected chi connectivity index (χ3v) is 5.67. The molecule has 24 heavy (non-hydrogen) atoms. The second kappa shape index (κ2) is 6.73. The number of amides is 1. The minimum atomic E-state index is -3.30. The Labute approximate surface area is 141 Å². The van der Waals surface area contributed by atoms with Crippen molar-refractivity contribution in [3.63, 3.8) is 0 Å².